The maximum atomic E-state index is 12.1. The zero-order valence-corrected chi connectivity index (χ0v) is 8.88. The van der Waals surface area contributed by atoms with Gasteiger partial charge in [0.15, 0.2) is 5.78 Å². The minimum atomic E-state index is -0.685. The van der Waals surface area contributed by atoms with E-state index in [2.05, 4.69) is 12.2 Å². The number of rotatable bonds is 1. The zero-order valence-electron chi connectivity index (χ0n) is 8.88. The van der Waals surface area contributed by atoms with E-state index in [9.17, 15) is 9.59 Å². The van der Waals surface area contributed by atoms with Gasteiger partial charge in [0.1, 0.15) is 17.6 Å². The average Bonchev–Trinajstić information content (AvgIpc) is 2.73. The molecule has 0 spiro atoms. The largest absolute Gasteiger partial charge is 0.468 e. The van der Waals surface area contributed by atoms with Crippen LogP contribution >= 0.6 is 0 Å². The van der Waals surface area contributed by atoms with Crippen LogP contribution in [0.3, 0.4) is 0 Å². The summed E-state index contributed by atoms with van der Waals surface area (Å²) in [6.07, 6.45) is 4.51. The summed E-state index contributed by atoms with van der Waals surface area (Å²) in [5.74, 6) is 0.0445. The van der Waals surface area contributed by atoms with E-state index >= 15 is 0 Å². The Hall–Kier alpha value is -1.16. The van der Waals surface area contributed by atoms with Crippen LogP contribution in [-0.4, -0.2) is 31.1 Å². The molecule has 0 N–H and O–H groups in total. The van der Waals surface area contributed by atoms with Gasteiger partial charge in [-0.3, -0.25) is 9.59 Å². The molecule has 1 aliphatic heterocycles. The van der Waals surface area contributed by atoms with Gasteiger partial charge in [-0.15, -0.1) is 0 Å². The SMILES string of the molecule is COC(=O)C12C3C=CC(C3)C1C(=O)C1OC12. The van der Waals surface area contributed by atoms with Crippen LogP contribution in [0.15, 0.2) is 12.2 Å². The summed E-state index contributed by atoms with van der Waals surface area (Å²) in [5.41, 5.74) is -0.685. The van der Waals surface area contributed by atoms with E-state index in [1.54, 1.807) is 0 Å². The van der Waals surface area contributed by atoms with Crippen molar-refractivity contribution in [2.75, 3.05) is 7.11 Å². The molecule has 0 amide bonds. The highest BCUT2D eigenvalue weighted by Gasteiger charge is 2.80. The summed E-state index contributed by atoms with van der Waals surface area (Å²) in [6.45, 7) is 0. The summed E-state index contributed by atoms with van der Waals surface area (Å²) >= 11 is 0. The highest BCUT2D eigenvalue weighted by Crippen LogP contribution is 2.68. The second-order valence-electron chi connectivity index (χ2n) is 5.17. The quantitative estimate of drug-likeness (QED) is 0.363. The third-order valence-corrected chi connectivity index (χ3v) is 4.76. The van der Waals surface area contributed by atoms with Gasteiger partial charge in [0, 0.05) is 5.92 Å². The van der Waals surface area contributed by atoms with Gasteiger partial charge in [-0.05, 0) is 18.3 Å². The van der Waals surface area contributed by atoms with Crippen molar-refractivity contribution in [3.8, 4) is 0 Å². The molecule has 1 heterocycles. The molecule has 6 atom stereocenters. The van der Waals surface area contributed by atoms with E-state index in [0.717, 1.165) is 6.42 Å². The van der Waals surface area contributed by atoms with Crippen molar-refractivity contribution in [2.45, 2.75) is 18.6 Å². The lowest BCUT2D eigenvalue weighted by molar-refractivity contribution is -0.161. The Kier molecular flexibility index (Phi) is 1.34. The number of esters is 1. The van der Waals surface area contributed by atoms with Gasteiger partial charge in [-0.25, -0.2) is 0 Å². The molecule has 4 heteroatoms. The van der Waals surface area contributed by atoms with E-state index in [-0.39, 0.29) is 41.7 Å². The van der Waals surface area contributed by atoms with Crippen molar-refractivity contribution in [1.29, 1.82) is 0 Å². The number of allylic oxidation sites excluding steroid dienone is 2. The number of carbonyl (C=O) groups is 2. The second kappa shape index (κ2) is 2.40. The van der Waals surface area contributed by atoms with Crippen molar-refractivity contribution < 1.29 is 19.1 Å². The zero-order chi connectivity index (χ0) is 11.1. The summed E-state index contributed by atoms with van der Waals surface area (Å²) in [4.78, 5) is 24.2. The minimum absolute atomic E-state index is 0.118. The monoisotopic (exact) mass is 220 g/mol. The molecule has 4 aliphatic rings. The van der Waals surface area contributed by atoms with Gasteiger partial charge >= 0.3 is 5.97 Å². The Morgan fingerprint density at radius 3 is 3.12 bits per heavy atom. The molecule has 4 nitrogen and oxygen atoms in total. The van der Waals surface area contributed by atoms with Gasteiger partial charge in [0.25, 0.3) is 0 Å². The number of Topliss-reactive ketones (excluding diaryl/α,β-unsaturated/α-hetero) is 1. The fraction of sp³-hybridized carbons (Fsp3) is 0.667. The number of hydrogen-bond donors (Lipinski definition) is 0. The molecule has 3 aliphatic carbocycles. The maximum Gasteiger partial charge on any atom is 0.315 e. The highest BCUT2D eigenvalue weighted by molar-refractivity contribution is 6.01. The standard InChI is InChI=1S/C12H12O4/c1-15-11(14)12-6-3-2-5(4-6)7(12)8(13)9-10(12)16-9/h2-3,5-7,9-10H,4H2,1H3. The lowest BCUT2D eigenvalue weighted by Crippen LogP contribution is -2.46. The van der Waals surface area contributed by atoms with E-state index in [0.29, 0.717) is 0 Å². The van der Waals surface area contributed by atoms with Crippen molar-refractivity contribution in [3.05, 3.63) is 12.2 Å². The van der Waals surface area contributed by atoms with Crippen molar-refractivity contribution in [3.63, 3.8) is 0 Å². The fourth-order valence-corrected chi connectivity index (χ4v) is 4.19. The van der Waals surface area contributed by atoms with Crippen LogP contribution in [0.1, 0.15) is 6.42 Å². The molecule has 0 aromatic carbocycles. The number of fused-ring (bicyclic) bond motifs is 7. The van der Waals surface area contributed by atoms with Crippen LogP contribution in [0.2, 0.25) is 0 Å². The number of carbonyl (C=O) groups excluding carboxylic acids is 2. The molecular formula is C12H12O4. The molecule has 6 unspecified atom stereocenters. The Balaban J connectivity index is 1.90. The molecule has 16 heavy (non-hydrogen) atoms. The second-order valence-corrected chi connectivity index (χ2v) is 5.17. The molecule has 0 radical (unpaired) electrons. The molecule has 3 fully saturated rings. The Labute approximate surface area is 92.6 Å². The molecule has 2 saturated carbocycles. The Morgan fingerprint density at radius 2 is 2.38 bits per heavy atom. The Morgan fingerprint density at radius 1 is 1.56 bits per heavy atom. The summed E-state index contributed by atoms with van der Waals surface area (Å²) in [6, 6.07) is 0. The first-order valence-electron chi connectivity index (χ1n) is 5.67. The fourth-order valence-electron chi connectivity index (χ4n) is 4.19. The van der Waals surface area contributed by atoms with Crippen LogP contribution in [-0.2, 0) is 19.1 Å². The maximum absolute atomic E-state index is 12.1. The van der Waals surface area contributed by atoms with E-state index in [1.165, 1.54) is 7.11 Å². The number of epoxide rings is 1. The molecule has 2 bridgehead atoms. The van der Waals surface area contributed by atoms with Crippen LogP contribution in [0.4, 0.5) is 0 Å². The van der Waals surface area contributed by atoms with Gasteiger partial charge in [0.05, 0.1) is 7.11 Å². The molecule has 84 valence electrons. The van der Waals surface area contributed by atoms with Crippen LogP contribution in [0.25, 0.3) is 0 Å². The number of methoxy groups -OCH3 is 1. The molecule has 0 aromatic rings. The molecule has 4 rings (SSSR count). The Bertz CT molecular complexity index is 440. The number of ether oxygens (including phenoxy) is 2. The summed E-state index contributed by atoms with van der Waals surface area (Å²) in [5, 5.41) is 0. The van der Waals surface area contributed by atoms with Crippen molar-refractivity contribution >= 4 is 11.8 Å². The predicted octanol–water partition coefficient (Wildman–Crippen LogP) is 0.318. The van der Waals surface area contributed by atoms with Gasteiger partial charge in [0.2, 0.25) is 0 Å². The molecular weight excluding hydrogens is 208 g/mol. The molecule has 0 aromatic heterocycles. The lowest BCUT2D eigenvalue weighted by Gasteiger charge is -2.33. The average molecular weight is 220 g/mol. The first-order chi connectivity index (χ1) is 7.71. The topological polar surface area (TPSA) is 55.9 Å². The van der Waals surface area contributed by atoms with Gasteiger partial charge in [-0.1, -0.05) is 12.2 Å². The van der Waals surface area contributed by atoms with Crippen molar-refractivity contribution in [2.24, 2.45) is 23.2 Å². The van der Waals surface area contributed by atoms with E-state index in [1.807, 2.05) is 0 Å². The first-order valence-corrected chi connectivity index (χ1v) is 5.67. The van der Waals surface area contributed by atoms with Gasteiger partial charge in [-0.2, -0.15) is 0 Å². The van der Waals surface area contributed by atoms with Crippen LogP contribution < -0.4 is 0 Å². The van der Waals surface area contributed by atoms with Crippen molar-refractivity contribution in [1.82, 2.24) is 0 Å². The lowest BCUT2D eigenvalue weighted by atomic mass is 9.69. The predicted molar refractivity (Wildman–Crippen MR) is 52.3 cm³/mol. The summed E-state index contributed by atoms with van der Waals surface area (Å²) in [7, 11) is 1.39. The molecule has 1 saturated heterocycles. The number of hydrogen-bond acceptors (Lipinski definition) is 4. The third-order valence-electron chi connectivity index (χ3n) is 4.76. The summed E-state index contributed by atoms with van der Waals surface area (Å²) < 4.78 is 10.3. The third kappa shape index (κ3) is 0.670. The smallest absolute Gasteiger partial charge is 0.315 e. The van der Waals surface area contributed by atoms with Crippen LogP contribution in [0, 0.1) is 23.2 Å². The van der Waals surface area contributed by atoms with Crippen LogP contribution in [0.5, 0.6) is 0 Å². The number of ketones is 1. The van der Waals surface area contributed by atoms with E-state index < -0.39 is 5.41 Å². The highest BCUT2D eigenvalue weighted by atomic mass is 16.6. The normalized spacial score (nSPS) is 55.1. The minimum Gasteiger partial charge on any atom is -0.468 e. The first kappa shape index (κ1) is 8.93. The van der Waals surface area contributed by atoms with Gasteiger partial charge < -0.3 is 9.47 Å². The van der Waals surface area contributed by atoms with E-state index in [4.69, 9.17) is 9.47 Å².